The fourth-order valence-corrected chi connectivity index (χ4v) is 0.275. The van der Waals surface area contributed by atoms with Gasteiger partial charge in [0.15, 0.2) is 0 Å². The van der Waals surface area contributed by atoms with E-state index in [9.17, 15) is 4.79 Å². The lowest BCUT2D eigenvalue weighted by molar-refractivity contribution is -0.137. The van der Waals surface area contributed by atoms with Crippen LogP contribution in [0.15, 0.2) is 12.3 Å². The van der Waals surface area contributed by atoms with Gasteiger partial charge in [-0.05, 0) is 0 Å². The number of ether oxygens (including phenoxy) is 1. The van der Waals surface area contributed by atoms with Crippen molar-refractivity contribution in [3.8, 4) is 0 Å². The summed E-state index contributed by atoms with van der Waals surface area (Å²) in [7, 11) is 0. The van der Waals surface area contributed by atoms with Crippen LogP contribution in [0.3, 0.4) is 0 Å². The highest BCUT2D eigenvalue weighted by Gasteiger charge is 1.98. The number of nitrogens with two attached hydrogens (primary N) is 1. The third-order valence-electron chi connectivity index (χ3n) is 0.819. The van der Waals surface area contributed by atoms with Gasteiger partial charge in [-0.2, -0.15) is 0 Å². The number of rotatable bonds is 3. The van der Waals surface area contributed by atoms with E-state index >= 15 is 0 Å². The van der Waals surface area contributed by atoms with E-state index in [-0.39, 0.29) is 6.54 Å². The molecule has 0 atom stereocenters. The van der Waals surface area contributed by atoms with Crippen molar-refractivity contribution in [1.82, 2.24) is 0 Å². The van der Waals surface area contributed by atoms with Crippen molar-refractivity contribution in [2.75, 3.05) is 6.54 Å². The standard InChI is InChI=1S/C6H11NO2/c1-3-5(2)9-6(8)4-7/h2-4,7H2,1H3. The topological polar surface area (TPSA) is 52.3 Å². The minimum absolute atomic E-state index is 0.0843. The van der Waals surface area contributed by atoms with Gasteiger partial charge >= 0.3 is 5.97 Å². The van der Waals surface area contributed by atoms with Crippen molar-refractivity contribution < 1.29 is 9.53 Å². The predicted molar refractivity (Wildman–Crippen MR) is 34.6 cm³/mol. The van der Waals surface area contributed by atoms with Crippen LogP contribution in [0.2, 0.25) is 0 Å². The van der Waals surface area contributed by atoms with Gasteiger partial charge in [-0.3, -0.25) is 4.79 Å². The molecule has 2 N–H and O–H groups in total. The third kappa shape index (κ3) is 3.73. The Bertz CT molecular complexity index is 106. The smallest absolute Gasteiger partial charge is 0.324 e. The average Bonchev–Trinajstić information content (AvgIpc) is 1.87. The normalized spacial score (nSPS) is 8.67. The number of esters is 1. The van der Waals surface area contributed by atoms with Gasteiger partial charge in [0.05, 0.1) is 6.54 Å². The van der Waals surface area contributed by atoms with E-state index in [1.165, 1.54) is 0 Å². The van der Waals surface area contributed by atoms with E-state index in [4.69, 9.17) is 5.73 Å². The Morgan fingerprint density at radius 2 is 2.33 bits per heavy atom. The van der Waals surface area contributed by atoms with Crippen molar-refractivity contribution in [2.45, 2.75) is 13.3 Å². The first-order chi connectivity index (χ1) is 4.20. The Kier molecular flexibility index (Phi) is 3.71. The molecule has 0 saturated heterocycles. The van der Waals surface area contributed by atoms with Gasteiger partial charge in [0.2, 0.25) is 0 Å². The van der Waals surface area contributed by atoms with Gasteiger partial charge in [-0.15, -0.1) is 0 Å². The fourth-order valence-electron chi connectivity index (χ4n) is 0.275. The van der Waals surface area contributed by atoms with Crippen molar-refractivity contribution in [1.29, 1.82) is 0 Å². The molecule has 0 radical (unpaired) electrons. The Morgan fingerprint density at radius 1 is 1.78 bits per heavy atom. The highest BCUT2D eigenvalue weighted by atomic mass is 16.5. The van der Waals surface area contributed by atoms with Gasteiger partial charge < -0.3 is 10.5 Å². The highest BCUT2D eigenvalue weighted by Crippen LogP contribution is 1.97. The van der Waals surface area contributed by atoms with Crippen LogP contribution in [-0.2, 0) is 9.53 Å². The highest BCUT2D eigenvalue weighted by molar-refractivity contribution is 5.72. The molecule has 0 bridgehead atoms. The number of hydrogen-bond donors (Lipinski definition) is 1. The molecule has 3 heteroatoms. The molecule has 0 aromatic carbocycles. The van der Waals surface area contributed by atoms with Crippen LogP contribution in [0.5, 0.6) is 0 Å². The number of allylic oxidation sites excluding steroid dienone is 1. The quantitative estimate of drug-likeness (QED) is 0.443. The van der Waals surface area contributed by atoms with Gasteiger partial charge in [-0.25, -0.2) is 0 Å². The van der Waals surface area contributed by atoms with E-state index in [1.54, 1.807) is 0 Å². The Balaban J connectivity index is 3.47. The number of carbonyl (C=O) groups excluding carboxylic acids is 1. The minimum atomic E-state index is -0.429. The van der Waals surface area contributed by atoms with Crippen molar-refractivity contribution in [2.24, 2.45) is 5.73 Å². The lowest BCUT2D eigenvalue weighted by Crippen LogP contribution is -2.15. The van der Waals surface area contributed by atoms with E-state index in [2.05, 4.69) is 11.3 Å². The second-order valence-electron chi connectivity index (χ2n) is 1.57. The van der Waals surface area contributed by atoms with Crippen LogP contribution < -0.4 is 5.73 Å². The molecule has 9 heavy (non-hydrogen) atoms. The second-order valence-corrected chi connectivity index (χ2v) is 1.57. The Morgan fingerprint density at radius 3 is 2.67 bits per heavy atom. The van der Waals surface area contributed by atoms with Crippen LogP contribution in [0, 0.1) is 0 Å². The summed E-state index contributed by atoms with van der Waals surface area (Å²) in [6, 6.07) is 0. The van der Waals surface area contributed by atoms with E-state index in [0.717, 1.165) is 0 Å². The van der Waals surface area contributed by atoms with Gasteiger partial charge in [0.1, 0.15) is 5.76 Å². The van der Waals surface area contributed by atoms with Crippen LogP contribution in [0.25, 0.3) is 0 Å². The monoisotopic (exact) mass is 129 g/mol. The predicted octanol–water partition coefficient (Wildman–Crippen LogP) is 0.412. The molecule has 3 nitrogen and oxygen atoms in total. The van der Waals surface area contributed by atoms with Crippen LogP contribution in [-0.4, -0.2) is 12.5 Å². The molecular weight excluding hydrogens is 118 g/mol. The average molecular weight is 129 g/mol. The minimum Gasteiger partial charge on any atom is -0.431 e. The van der Waals surface area contributed by atoms with Crippen molar-refractivity contribution in [3.05, 3.63) is 12.3 Å². The summed E-state index contributed by atoms with van der Waals surface area (Å²) in [5.41, 5.74) is 4.96. The maximum absolute atomic E-state index is 10.4. The lowest BCUT2D eigenvalue weighted by atomic mass is 10.4. The third-order valence-corrected chi connectivity index (χ3v) is 0.819. The summed E-state index contributed by atoms with van der Waals surface area (Å²) in [4.78, 5) is 10.4. The maximum Gasteiger partial charge on any atom is 0.324 e. The molecule has 0 saturated carbocycles. The van der Waals surface area contributed by atoms with Crippen molar-refractivity contribution in [3.63, 3.8) is 0 Å². The van der Waals surface area contributed by atoms with Crippen LogP contribution in [0.1, 0.15) is 13.3 Å². The number of hydrogen-bond acceptors (Lipinski definition) is 3. The molecule has 0 aromatic heterocycles. The van der Waals surface area contributed by atoms with Gasteiger partial charge in [0.25, 0.3) is 0 Å². The molecule has 0 rings (SSSR count). The molecular formula is C6H11NO2. The van der Waals surface area contributed by atoms with E-state index in [1.807, 2.05) is 6.92 Å². The van der Waals surface area contributed by atoms with Gasteiger partial charge in [0, 0.05) is 6.42 Å². The molecule has 52 valence electrons. The molecule has 0 heterocycles. The zero-order chi connectivity index (χ0) is 7.28. The van der Waals surface area contributed by atoms with Gasteiger partial charge in [-0.1, -0.05) is 13.5 Å². The summed E-state index contributed by atoms with van der Waals surface area (Å²) < 4.78 is 4.59. The first-order valence-corrected chi connectivity index (χ1v) is 2.79. The summed E-state index contributed by atoms with van der Waals surface area (Å²) in [6.45, 7) is 5.23. The second kappa shape index (κ2) is 4.09. The summed E-state index contributed by atoms with van der Waals surface area (Å²) >= 11 is 0. The fraction of sp³-hybridized carbons (Fsp3) is 0.500. The van der Waals surface area contributed by atoms with Crippen LogP contribution >= 0.6 is 0 Å². The molecule has 0 amide bonds. The maximum atomic E-state index is 10.4. The first kappa shape index (κ1) is 8.17. The molecule has 0 aliphatic rings. The van der Waals surface area contributed by atoms with Crippen molar-refractivity contribution >= 4 is 5.97 Å². The molecule has 0 unspecified atom stereocenters. The molecule has 0 fully saturated rings. The molecule has 0 aromatic rings. The molecule has 0 spiro atoms. The Hall–Kier alpha value is -0.830. The SMILES string of the molecule is C=C(CC)OC(=O)CN. The number of carbonyl (C=O) groups is 1. The zero-order valence-electron chi connectivity index (χ0n) is 5.52. The van der Waals surface area contributed by atoms with E-state index in [0.29, 0.717) is 12.2 Å². The summed E-state index contributed by atoms with van der Waals surface area (Å²) in [6.07, 6.45) is 0.645. The Labute approximate surface area is 54.5 Å². The zero-order valence-corrected chi connectivity index (χ0v) is 5.52. The van der Waals surface area contributed by atoms with E-state index < -0.39 is 5.97 Å². The largest absolute Gasteiger partial charge is 0.431 e. The first-order valence-electron chi connectivity index (χ1n) is 2.79. The lowest BCUT2D eigenvalue weighted by Gasteiger charge is -2.00. The molecule has 0 aliphatic carbocycles. The molecule has 0 aliphatic heterocycles. The van der Waals surface area contributed by atoms with Crippen LogP contribution in [0.4, 0.5) is 0 Å². The summed E-state index contributed by atoms with van der Waals surface area (Å²) in [5.74, 6) is 0.0345. The summed E-state index contributed by atoms with van der Waals surface area (Å²) in [5, 5.41) is 0.